The summed E-state index contributed by atoms with van der Waals surface area (Å²) < 4.78 is 23.3. The van der Waals surface area contributed by atoms with Crippen LogP contribution in [0.3, 0.4) is 0 Å². The van der Waals surface area contributed by atoms with Crippen molar-refractivity contribution in [2.45, 2.75) is 11.8 Å². The van der Waals surface area contributed by atoms with E-state index in [2.05, 4.69) is 0 Å². The Labute approximate surface area is 83.3 Å². The van der Waals surface area contributed by atoms with Crippen LogP contribution in [0.2, 0.25) is 0 Å². The molecule has 0 saturated heterocycles. The molecule has 0 amide bonds. The monoisotopic (exact) mass is 216 g/mol. The maximum Gasteiger partial charge on any atom is 0.187 e. The van der Waals surface area contributed by atoms with E-state index in [4.69, 9.17) is 0 Å². The van der Waals surface area contributed by atoms with Gasteiger partial charge in [-0.15, -0.1) is 11.8 Å². The highest BCUT2D eigenvalue weighted by molar-refractivity contribution is 8.12. The van der Waals surface area contributed by atoms with Gasteiger partial charge in [0.2, 0.25) is 0 Å². The van der Waals surface area contributed by atoms with Crippen LogP contribution in [0.5, 0.6) is 0 Å². The van der Waals surface area contributed by atoms with Crippen molar-refractivity contribution in [1.29, 1.82) is 0 Å². The average molecular weight is 216 g/mol. The molecule has 0 unspecified atom stereocenters. The number of thioether (sulfide) groups is 1. The van der Waals surface area contributed by atoms with E-state index in [1.807, 2.05) is 19.1 Å². The molecular formula is C9H12O2S2. The van der Waals surface area contributed by atoms with Gasteiger partial charge in [-0.1, -0.05) is 18.2 Å². The number of sulfone groups is 1. The molecular weight excluding hydrogens is 204 g/mol. The maximum absolute atomic E-state index is 11.6. The van der Waals surface area contributed by atoms with Crippen LogP contribution in [-0.4, -0.2) is 19.8 Å². The first-order valence-electron chi connectivity index (χ1n) is 3.85. The molecule has 0 aliphatic rings. The molecule has 0 heterocycles. The van der Waals surface area contributed by atoms with Gasteiger partial charge in [-0.3, -0.25) is 0 Å². The Hall–Kier alpha value is -0.480. The standard InChI is InChI=1S/C9H12O2S2/c1-8-5-3-4-6-9(8)13(10,11)7-12-2/h3-6H,7H2,1-2H3. The van der Waals surface area contributed by atoms with Gasteiger partial charge in [0.15, 0.2) is 9.84 Å². The second-order valence-corrected chi connectivity index (χ2v) is 5.98. The lowest BCUT2D eigenvalue weighted by atomic mass is 10.2. The van der Waals surface area contributed by atoms with Crippen molar-refractivity contribution in [3.05, 3.63) is 29.8 Å². The molecule has 2 nitrogen and oxygen atoms in total. The minimum Gasteiger partial charge on any atom is -0.223 e. The second kappa shape index (κ2) is 4.15. The number of hydrogen-bond donors (Lipinski definition) is 0. The first-order chi connectivity index (χ1) is 6.08. The zero-order valence-electron chi connectivity index (χ0n) is 7.65. The largest absolute Gasteiger partial charge is 0.223 e. The van der Waals surface area contributed by atoms with Crippen LogP contribution in [0.4, 0.5) is 0 Å². The van der Waals surface area contributed by atoms with Gasteiger partial charge in [-0.2, -0.15) is 0 Å². The molecule has 4 heteroatoms. The van der Waals surface area contributed by atoms with Crippen molar-refractivity contribution in [2.75, 3.05) is 11.3 Å². The Morgan fingerprint density at radius 2 is 1.92 bits per heavy atom. The van der Waals surface area contributed by atoms with Crippen molar-refractivity contribution in [1.82, 2.24) is 0 Å². The Bertz CT molecular complexity index is 382. The van der Waals surface area contributed by atoms with Gasteiger partial charge in [0, 0.05) is 0 Å². The summed E-state index contributed by atoms with van der Waals surface area (Å²) in [6.07, 6.45) is 1.79. The van der Waals surface area contributed by atoms with Crippen molar-refractivity contribution in [3.63, 3.8) is 0 Å². The molecule has 1 rings (SSSR count). The number of rotatable bonds is 3. The average Bonchev–Trinajstić information content (AvgIpc) is 2.04. The van der Waals surface area contributed by atoms with Gasteiger partial charge in [-0.05, 0) is 24.8 Å². The Morgan fingerprint density at radius 1 is 1.31 bits per heavy atom. The third kappa shape index (κ3) is 2.48. The topological polar surface area (TPSA) is 34.1 Å². The molecule has 0 radical (unpaired) electrons. The van der Waals surface area contributed by atoms with Gasteiger partial charge in [0.25, 0.3) is 0 Å². The van der Waals surface area contributed by atoms with Crippen LogP contribution in [0.1, 0.15) is 5.56 Å². The second-order valence-electron chi connectivity index (χ2n) is 2.79. The van der Waals surface area contributed by atoms with E-state index in [-0.39, 0.29) is 5.08 Å². The summed E-state index contributed by atoms with van der Waals surface area (Å²) in [6.45, 7) is 1.81. The number of aryl methyl sites for hydroxylation is 1. The molecule has 1 aromatic carbocycles. The fourth-order valence-electron chi connectivity index (χ4n) is 1.12. The lowest BCUT2D eigenvalue weighted by Crippen LogP contribution is -2.05. The Balaban J connectivity index is 3.15. The molecule has 0 bridgehead atoms. The SMILES string of the molecule is CSCS(=O)(=O)c1ccccc1C. The highest BCUT2D eigenvalue weighted by Crippen LogP contribution is 2.18. The first kappa shape index (κ1) is 10.6. The quantitative estimate of drug-likeness (QED) is 0.776. The minimum absolute atomic E-state index is 0.151. The summed E-state index contributed by atoms with van der Waals surface area (Å²) in [5, 5.41) is 0.151. The summed E-state index contributed by atoms with van der Waals surface area (Å²) in [4.78, 5) is 0.448. The first-order valence-corrected chi connectivity index (χ1v) is 6.90. The minimum atomic E-state index is -3.08. The van der Waals surface area contributed by atoms with Crippen LogP contribution >= 0.6 is 11.8 Å². The van der Waals surface area contributed by atoms with Crippen LogP contribution in [-0.2, 0) is 9.84 Å². The smallest absolute Gasteiger partial charge is 0.187 e. The van der Waals surface area contributed by atoms with Crippen LogP contribution in [0, 0.1) is 6.92 Å². The maximum atomic E-state index is 11.6. The molecule has 0 aliphatic heterocycles. The lowest BCUT2D eigenvalue weighted by Gasteiger charge is -2.04. The van der Waals surface area contributed by atoms with Gasteiger partial charge in [0.1, 0.15) is 5.08 Å². The molecule has 0 aliphatic carbocycles. The Morgan fingerprint density at radius 3 is 2.46 bits per heavy atom. The normalized spacial score (nSPS) is 11.5. The molecule has 0 spiro atoms. The summed E-state index contributed by atoms with van der Waals surface area (Å²) in [7, 11) is -3.08. The van der Waals surface area contributed by atoms with Gasteiger partial charge in [0.05, 0.1) is 4.90 Å². The molecule has 72 valence electrons. The van der Waals surface area contributed by atoms with Gasteiger partial charge in [-0.25, -0.2) is 8.42 Å². The van der Waals surface area contributed by atoms with E-state index >= 15 is 0 Å². The summed E-state index contributed by atoms with van der Waals surface area (Å²) in [5.74, 6) is 0. The molecule has 0 N–H and O–H groups in total. The summed E-state index contributed by atoms with van der Waals surface area (Å²) in [6, 6.07) is 7.06. The molecule has 1 aromatic rings. The van der Waals surface area contributed by atoms with Crippen molar-refractivity contribution >= 4 is 21.6 Å². The molecule has 0 saturated carbocycles. The molecule has 0 atom stereocenters. The highest BCUT2D eigenvalue weighted by Gasteiger charge is 2.14. The summed E-state index contributed by atoms with van der Waals surface area (Å²) in [5.41, 5.74) is 0.816. The third-order valence-corrected chi connectivity index (χ3v) is 5.01. The van der Waals surface area contributed by atoms with E-state index in [1.54, 1.807) is 18.4 Å². The van der Waals surface area contributed by atoms with Gasteiger partial charge < -0.3 is 0 Å². The fraction of sp³-hybridized carbons (Fsp3) is 0.333. The molecule has 0 fully saturated rings. The Kier molecular flexibility index (Phi) is 3.39. The van der Waals surface area contributed by atoms with E-state index in [0.29, 0.717) is 4.90 Å². The van der Waals surface area contributed by atoms with Gasteiger partial charge >= 0.3 is 0 Å². The summed E-state index contributed by atoms with van der Waals surface area (Å²) >= 11 is 1.32. The van der Waals surface area contributed by atoms with Crippen LogP contribution in [0.15, 0.2) is 29.2 Å². The fourth-order valence-corrected chi connectivity index (χ4v) is 3.72. The van der Waals surface area contributed by atoms with Crippen LogP contribution < -0.4 is 0 Å². The van der Waals surface area contributed by atoms with Crippen LogP contribution in [0.25, 0.3) is 0 Å². The molecule has 0 aromatic heterocycles. The highest BCUT2D eigenvalue weighted by atomic mass is 32.3. The predicted octanol–water partition coefficient (Wildman–Crippen LogP) is 2.09. The van der Waals surface area contributed by atoms with E-state index in [9.17, 15) is 8.42 Å². The lowest BCUT2D eigenvalue weighted by molar-refractivity contribution is 0.600. The van der Waals surface area contributed by atoms with Crippen molar-refractivity contribution < 1.29 is 8.42 Å². The van der Waals surface area contributed by atoms with E-state index < -0.39 is 9.84 Å². The van der Waals surface area contributed by atoms with Crippen molar-refractivity contribution in [2.24, 2.45) is 0 Å². The number of hydrogen-bond acceptors (Lipinski definition) is 3. The molecule has 13 heavy (non-hydrogen) atoms. The number of benzene rings is 1. The zero-order valence-corrected chi connectivity index (χ0v) is 9.28. The zero-order chi connectivity index (χ0) is 9.90. The van der Waals surface area contributed by atoms with E-state index in [1.165, 1.54) is 11.8 Å². The predicted molar refractivity (Wildman–Crippen MR) is 56.7 cm³/mol. The van der Waals surface area contributed by atoms with E-state index in [0.717, 1.165) is 5.56 Å². The third-order valence-electron chi connectivity index (χ3n) is 1.70. The van der Waals surface area contributed by atoms with Crippen molar-refractivity contribution in [3.8, 4) is 0 Å².